The van der Waals surface area contributed by atoms with Crippen molar-refractivity contribution in [1.29, 1.82) is 0 Å². The van der Waals surface area contributed by atoms with Crippen molar-refractivity contribution in [2.45, 2.75) is 19.8 Å². The van der Waals surface area contributed by atoms with Crippen LogP contribution in [-0.4, -0.2) is 29.1 Å². The van der Waals surface area contributed by atoms with Crippen molar-refractivity contribution in [3.05, 3.63) is 71.0 Å². The number of hydrogen-bond donors (Lipinski definition) is 3. The molecule has 0 radical (unpaired) electrons. The number of anilines is 1. The average Bonchev–Trinajstić information content (AvgIpc) is 3.25. The normalized spacial score (nSPS) is 13.9. The van der Waals surface area contributed by atoms with E-state index in [4.69, 9.17) is 9.84 Å². The zero-order chi connectivity index (χ0) is 21.3. The largest absolute Gasteiger partial charge is 0.497 e. The maximum absolute atomic E-state index is 12.6. The van der Waals surface area contributed by atoms with Gasteiger partial charge in [-0.2, -0.15) is 0 Å². The molecule has 2 aromatic carbocycles. The Morgan fingerprint density at radius 3 is 2.57 bits per heavy atom. The predicted molar refractivity (Wildman–Crippen MR) is 116 cm³/mol. The zero-order valence-corrected chi connectivity index (χ0v) is 16.8. The van der Waals surface area contributed by atoms with E-state index in [1.54, 1.807) is 7.11 Å². The first-order chi connectivity index (χ1) is 14.5. The third-order valence-electron chi connectivity index (χ3n) is 5.41. The van der Waals surface area contributed by atoms with Crippen molar-refractivity contribution in [3.63, 3.8) is 0 Å². The van der Waals surface area contributed by atoms with Gasteiger partial charge in [0, 0.05) is 29.6 Å². The number of ether oxygens (including phenoxy) is 1. The van der Waals surface area contributed by atoms with Gasteiger partial charge in [0.05, 0.1) is 12.7 Å². The number of fused-ring (bicyclic) bond motifs is 1. The van der Waals surface area contributed by atoms with Gasteiger partial charge in [0.25, 0.3) is 5.91 Å². The quantitative estimate of drug-likeness (QED) is 0.529. The molecule has 0 atom stereocenters. The number of aryl methyl sites for hydroxylation is 1. The van der Waals surface area contributed by atoms with Crippen LogP contribution in [0.1, 0.15) is 28.8 Å². The van der Waals surface area contributed by atoms with Crippen LogP contribution in [0.3, 0.4) is 0 Å². The minimum absolute atomic E-state index is 0.0756. The van der Waals surface area contributed by atoms with Crippen LogP contribution in [0.4, 0.5) is 5.69 Å². The van der Waals surface area contributed by atoms with Crippen molar-refractivity contribution < 1.29 is 19.4 Å². The van der Waals surface area contributed by atoms with E-state index in [1.807, 2.05) is 61.7 Å². The first-order valence-electron chi connectivity index (χ1n) is 9.67. The summed E-state index contributed by atoms with van der Waals surface area (Å²) >= 11 is 0. The Balaban J connectivity index is 1.63. The number of aromatic amines is 1. The Bertz CT molecular complexity index is 1160. The van der Waals surface area contributed by atoms with E-state index in [2.05, 4.69) is 10.3 Å². The molecule has 6 heteroatoms. The fourth-order valence-corrected chi connectivity index (χ4v) is 3.65. The summed E-state index contributed by atoms with van der Waals surface area (Å²) in [6, 6.07) is 13.7. The number of amides is 1. The van der Waals surface area contributed by atoms with Gasteiger partial charge in [0.1, 0.15) is 5.75 Å². The third-order valence-corrected chi connectivity index (χ3v) is 5.41. The molecule has 0 fully saturated rings. The number of rotatable bonds is 6. The van der Waals surface area contributed by atoms with Gasteiger partial charge < -0.3 is 20.1 Å². The van der Waals surface area contributed by atoms with Gasteiger partial charge in [-0.25, -0.2) is 0 Å². The summed E-state index contributed by atoms with van der Waals surface area (Å²) in [5.41, 5.74) is 6.96. The van der Waals surface area contributed by atoms with E-state index in [-0.39, 0.29) is 12.3 Å². The van der Waals surface area contributed by atoms with Crippen molar-refractivity contribution in [2.24, 2.45) is 0 Å². The molecule has 1 aromatic heterocycles. The summed E-state index contributed by atoms with van der Waals surface area (Å²) in [7, 11) is 1.63. The molecule has 0 saturated carbocycles. The van der Waals surface area contributed by atoms with Gasteiger partial charge in [-0.1, -0.05) is 24.3 Å². The molecule has 30 heavy (non-hydrogen) atoms. The standard InChI is InChI=1S/C24H22N2O4/c1-14-17(6-10-23(27)28)13-25-21(14)12-20-19-9-5-16(11-22(19)26-24(20)29)15-3-7-18(30-2)8-4-15/h3-5,7-9,11-13,25H,6,10H2,1-2H3,(H,26,29)(H,27,28)/b20-12+. The van der Waals surface area contributed by atoms with Crippen LogP contribution < -0.4 is 10.1 Å². The molecule has 2 heterocycles. The highest BCUT2D eigenvalue weighted by molar-refractivity contribution is 6.35. The molecule has 0 saturated heterocycles. The number of aliphatic carboxylic acids is 1. The van der Waals surface area contributed by atoms with Crippen molar-refractivity contribution in [2.75, 3.05) is 12.4 Å². The number of carboxylic acid groups (broad SMARTS) is 1. The molecule has 1 amide bonds. The topological polar surface area (TPSA) is 91.4 Å². The Labute approximate surface area is 174 Å². The Hall–Kier alpha value is -3.80. The summed E-state index contributed by atoms with van der Waals surface area (Å²) in [6.45, 7) is 1.93. The van der Waals surface area contributed by atoms with Gasteiger partial charge in [0.2, 0.25) is 0 Å². The molecule has 0 bridgehead atoms. The smallest absolute Gasteiger partial charge is 0.303 e. The number of aromatic nitrogens is 1. The van der Waals surface area contributed by atoms with Crippen LogP contribution in [-0.2, 0) is 16.0 Å². The van der Waals surface area contributed by atoms with Crippen molar-refractivity contribution >= 4 is 29.2 Å². The van der Waals surface area contributed by atoms with E-state index in [1.165, 1.54) is 0 Å². The number of H-pyrrole nitrogens is 1. The van der Waals surface area contributed by atoms with Crippen molar-refractivity contribution in [1.82, 2.24) is 4.98 Å². The SMILES string of the molecule is COc1ccc(-c2ccc3c(c2)NC(=O)/C3=C/c2[nH]cc(CCC(=O)O)c2C)cc1. The lowest BCUT2D eigenvalue weighted by Crippen LogP contribution is -2.03. The molecule has 0 aliphatic carbocycles. The Morgan fingerprint density at radius 1 is 1.13 bits per heavy atom. The second kappa shape index (κ2) is 7.91. The van der Waals surface area contributed by atoms with E-state index in [9.17, 15) is 9.59 Å². The highest BCUT2D eigenvalue weighted by Gasteiger charge is 2.25. The van der Waals surface area contributed by atoms with Crippen molar-refractivity contribution in [3.8, 4) is 16.9 Å². The highest BCUT2D eigenvalue weighted by Crippen LogP contribution is 2.37. The molecule has 4 rings (SSSR count). The lowest BCUT2D eigenvalue weighted by atomic mass is 9.99. The fourth-order valence-electron chi connectivity index (χ4n) is 3.65. The van der Waals surface area contributed by atoms with E-state index in [0.29, 0.717) is 12.0 Å². The molecular weight excluding hydrogens is 380 g/mol. The third kappa shape index (κ3) is 3.72. The maximum atomic E-state index is 12.6. The number of hydrogen-bond acceptors (Lipinski definition) is 3. The Morgan fingerprint density at radius 2 is 1.87 bits per heavy atom. The van der Waals surface area contributed by atoms with E-state index >= 15 is 0 Å². The molecular formula is C24H22N2O4. The minimum atomic E-state index is -0.827. The lowest BCUT2D eigenvalue weighted by Gasteiger charge is -2.06. The van der Waals surface area contributed by atoms with Gasteiger partial charge in [-0.3, -0.25) is 9.59 Å². The number of carbonyl (C=O) groups excluding carboxylic acids is 1. The number of carbonyl (C=O) groups is 2. The molecule has 152 valence electrons. The van der Waals surface area contributed by atoms with Gasteiger partial charge in [-0.05, 0) is 59.9 Å². The number of methoxy groups -OCH3 is 1. The molecule has 3 N–H and O–H groups in total. The summed E-state index contributed by atoms with van der Waals surface area (Å²) < 4.78 is 5.21. The number of nitrogens with one attached hydrogen (secondary N) is 2. The molecule has 3 aromatic rings. The van der Waals surface area contributed by atoms with Gasteiger partial charge >= 0.3 is 5.97 Å². The summed E-state index contributed by atoms with van der Waals surface area (Å²) in [6.07, 6.45) is 4.17. The fraction of sp³-hybridized carbons (Fsp3) is 0.167. The van der Waals surface area contributed by atoms with Gasteiger partial charge in [-0.15, -0.1) is 0 Å². The first kappa shape index (κ1) is 19.5. The van der Waals surface area contributed by atoms with Crippen LogP contribution in [0.15, 0.2) is 48.7 Å². The predicted octanol–water partition coefficient (Wildman–Crippen LogP) is 4.51. The van der Waals surface area contributed by atoms with Crippen LogP contribution >= 0.6 is 0 Å². The second-order valence-electron chi connectivity index (χ2n) is 7.25. The zero-order valence-electron chi connectivity index (χ0n) is 16.8. The molecule has 6 nitrogen and oxygen atoms in total. The lowest BCUT2D eigenvalue weighted by molar-refractivity contribution is -0.137. The van der Waals surface area contributed by atoms with E-state index in [0.717, 1.165) is 44.9 Å². The number of benzene rings is 2. The average molecular weight is 402 g/mol. The first-order valence-corrected chi connectivity index (χ1v) is 9.67. The molecule has 0 unspecified atom stereocenters. The molecule has 1 aliphatic rings. The maximum Gasteiger partial charge on any atom is 0.303 e. The second-order valence-corrected chi connectivity index (χ2v) is 7.25. The summed E-state index contributed by atoms with van der Waals surface area (Å²) in [4.78, 5) is 26.6. The molecule has 1 aliphatic heterocycles. The van der Waals surface area contributed by atoms with Crippen LogP contribution in [0.2, 0.25) is 0 Å². The van der Waals surface area contributed by atoms with Gasteiger partial charge in [0.15, 0.2) is 0 Å². The highest BCUT2D eigenvalue weighted by atomic mass is 16.5. The van der Waals surface area contributed by atoms with Crippen LogP contribution in [0.5, 0.6) is 5.75 Å². The van der Waals surface area contributed by atoms with Crippen LogP contribution in [0.25, 0.3) is 22.8 Å². The minimum Gasteiger partial charge on any atom is -0.497 e. The van der Waals surface area contributed by atoms with E-state index < -0.39 is 5.97 Å². The summed E-state index contributed by atoms with van der Waals surface area (Å²) in [5, 5.41) is 11.8. The summed E-state index contributed by atoms with van der Waals surface area (Å²) in [5.74, 6) is -0.187. The Kier molecular flexibility index (Phi) is 5.14. The molecule has 0 spiro atoms. The van der Waals surface area contributed by atoms with Crippen LogP contribution in [0, 0.1) is 6.92 Å². The monoisotopic (exact) mass is 402 g/mol. The number of carboxylic acids is 1.